The Morgan fingerprint density at radius 2 is 1.50 bits per heavy atom. The van der Waals surface area contributed by atoms with Crippen LogP contribution in [0.15, 0.2) is 66.7 Å². The Hall–Kier alpha value is -2.91. The van der Waals surface area contributed by atoms with Crippen LogP contribution in [0.25, 0.3) is 20.5 Å². The summed E-state index contributed by atoms with van der Waals surface area (Å²) in [6.45, 7) is 4.12. The number of rotatable bonds is 3. The number of phenols is 1. The first kappa shape index (κ1) is 16.6. The first-order valence-corrected chi connectivity index (χ1v) is 9.28. The molecular formula is C23H18O2S. The standard InChI is InChI=1S/C23H18O2S/c1-14-3-6-17(7-4-14)23-21(19-12-5-15(2)13-20(19)26-23)22(25)16-8-10-18(24)11-9-16/h3-13,24H,1-2H3. The molecule has 26 heavy (non-hydrogen) atoms. The van der Waals surface area contributed by atoms with Gasteiger partial charge in [-0.05, 0) is 55.3 Å². The quantitative estimate of drug-likeness (QED) is 0.448. The molecule has 0 fully saturated rings. The minimum atomic E-state index is -0.0179. The average Bonchev–Trinajstić information content (AvgIpc) is 3.00. The van der Waals surface area contributed by atoms with Crippen LogP contribution >= 0.6 is 11.3 Å². The van der Waals surface area contributed by atoms with E-state index in [4.69, 9.17) is 0 Å². The first-order chi connectivity index (χ1) is 12.5. The Balaban J connectivity index is 1.96. The van der Waals surface area contributed by atoms with Crippen LogP contribution in [-0.4, -0.2) is 10.9 Å². The molecule has 0 spiro atoms. The van der Waals surface area contributed by atoms with Crippen molar-refractivity contribution in [3.63, 3.8) is 0 Å². The number of ketones is 1. The van der Waals surface area contributed by atoms with E-state index >= 15 is 0 Å². The zero-order valence-electron chi connectivity index (χ0n) is 14.6. The Kier molecular flexibility index (Phi) is 4.09. The maximum absolute atomic E-state index is 13.3. The third-order valence-electron chi connectivity index (χ3n) is 4.52. The van der Waals surface area contributed by atoms with Crippen molar-refractivity contribution in [1.82, 2.24) is 0 Å². The Morgan fingerprint density at radius 3 is 2.19 bits per heavy atom. The van der Waals surface area contributed by atoms with Crippen molar-refractivity contribution in [3.8, 4) is 16.2 Å². The van der Waals surface area contributed by atoms with Gasteiger partial charge in [0.2, 0.25) is 0 Å². The van der Waals surface area contributed by atoms with Gasteiger partial charge in [-0.15, -0.1) is 11.3 Å². The molecule has 0 aliphatic rings. The predicted octanol–water partition coefficient (Wildman–Crippen LogP) is 6.12. The number of hydrogen-bond acceptors (Lipinski definition) is 3. The summed E-state index contributed by atoms with van der Waals surface area (Å²) in [5.41, 5.74) is 4.74. The summed E-state index contributed by atoms with van der Waals surface area (Å²) in [6.07, 6.45) is 0. The highest BCUT2D eigenvalue weighted by Crippen LogP contribution is 2.40. The van der Waals surface area contributed by atoms with E-state index in [0.29, 0.717) is 5.56 Å². The topological polar surface area (TPSA) is 37.3 Å². The largest absolute Gasteiger partial charge is 0.508 e. The molecule has 4 rings (SSSR count). The molecule has 2 nitrogen and oxygen atoms in total. The van der Waals surface area contributed by atoms with Crippen LogP contribution in [0, 0.1) is 13.8 Å². The molecule has 0 amide bonds. The van der Waals surface area contributed by atoms with E-state index < -0.39 is 0 Å². The number of hydrogen-bond donors (Lipinski definition) is 1. The van der Waals surface area contributed by atoms with Crippen LogP contribution < -0.4 is 0 Å². The summed E-state index contributed by atoms with van der Waals surface area (Å²) in [5, 5.41) is 10.5. The molecule has 0 unspecified atom stereocenters. The second-order valence-electron chi connectivity index (χ2n) is 6.55. The van der Waals surface area contributed by atoms with Gasteiger partial charge in [0.05, 0.1) is 0 Å². The van der Waals surface area contributed by atoms with Crippen LogP contribution in [0.3, 0.4) is 0 Å². The molecule has 0 atom stereocenters. The molecule has 3 aromatic carbocycles. The number of phenolic OH excluding ortho intramolecular Hbond substituents is 1. The summed E-state index contributed by atoms with van der Waals surface area (Å²) in [6, 6.07) is 20.9. The van der Waals surface area contributed by atoms with Crippen LogP contribution in [0.5, 0.6) is 5.75 Å². The molecule has 3 heteroatoms. The van der Waals surface area contributed by atoms with E-state index in [0.717, 1.165) is 26.1 Å². The molecule has 0 radical (unpaired) electrons. The fourth-order valence-electron chi connectivity index (χ4n) is 3.09. The molecule has 0 saturated heterocycles. The Labute approximate surface area is 156 Å². The molecule has 4 aromatic rings. The normalized spacial score (nSPS) is 11.0. The second kappa shape index (κ2) is 6.43. The van der Waals surface area contributed by atoms with Crippen molar-refractivity contribution in [2.24, 2.45) is 0 Å². The second-order valence-corrected chi connectivity index (χ2v) is 7.60. The number of aryl methyl sites for hydroxylation is 2. The van der Waals surface area contributed by atoms with E-state index in [1.54, 1.807) is 35.6 Å². The number of aromatic hydroxyl groups is 1. The minimum absolute atomic E-state index is 0.0179. The summed E-state index contributed by atoms with van der Waals surface area (Å²) in [7, 11) is 0. The smallest absolute Gasteiger partial charge is 0.195 e. The maximum atomic E-state index is 13.3. The summed E-state index contributed by atoms with van der Waals surface area (Å²) >= 11 is 1.65. The fraction of sp³-hybridized carbons (Fsp3) is 0.0870. The van der Waals surface area contributed by atoms with Gasteiger partial charge in [-0.3, -0.25) is 4.79 Å². The maximum Gasteiger partial charge on any atom is 0.195 e. The van der Waals surface area contributed by atoms with Gasteiger partial charge in [-0.25, -0.2) is 0 Å². The van der Waals surface area contributed by atoms with E-state index in [9.17, 15) is 9.90 Å². The molecule has 0 aliphatic heterocycles. The van der Waals surface area contributed by atoms with Gasteiger partial charge < -0.3 is 5.11 Å². The number of thiophene rings is 1. The molecule has 0 bridgehead atoms. The number of carbonyl (C=O) groups is 1. The third kappa shape index (κ3) is 2.91. The van der Waals surface area contributed by atoms with Crippen molar-refractivity contribution in [1.29, 1.82) is 0 Å². The fourth-order valence-corrected chi connectivity index (χ4v) is 4.40. The Morgan fingerprint density at radius 1 is 0.846 bits per heavy atom. The van der Waals surface area contributed by atoms with Crippen molar-refractivity contribution in [2.45, 2.75) is 13.8 Å². The lowest BCUT2D eigenvalue weighted by Gasteiger charge is -2.06. The van der Waals surface area contributed by atoms with Crippen LogP contribution in [0.1, 0.15) is 27.0 Å². The van der Waals surface area contributed by atoms with Crippen molar-refractivity contribution >= 4 is 27.2 Å². The first-order valence-electron chi connectivity index (χ1n) is 8.47. The van der Waals surface area contributed by atoms with Crippen molar-refractivity contribution in [2.75, 3.05) is 0 Å². The molecular weight excluding hydrogens is 340 g/mol. The van der Waals surface area contributed by atoms with Gasteiger partial charge in [-0.1, -0.05) is 42.0 Å². The van der Waals surface area contributed by atoms with Crippen LogP contribution in [0.2, 0.25) is 0 Å². The van der Waals surface area contributed by atoms with Crippen molar-refractivity contribution in [3.05, 3.63) is 89.0 Å². The SMILES string of the molecule is Cc1ccc(-c2sc3cc(C)ccc3c2C(=O)c2ccc(O)cc2)cc1. The van der Waals surface area contributed by atoms with Crippen LogP contribution in [0.4, 0.5) is 0 Å². The van der Waals surface area contributed by atoms with Gasteiger partial charge in [0.1, 0.15) is 5.75 Å². The van der Waals surface area contributed by atoms with E-state index in [1.807, 2.05) is 12.1 Å². The van der Waals surface area contributed by atoms with E-state index in [1.165, 1.54) is 11.1 Å². The lowest BCUT2D eigenvalue weighted by Crippen LogP contribution is -2.01. The van der Waals surface area contributed by atoms with Gasteiger partial charge in [0.15, 0.2) is 5.78 Å². The molecule has 0 saturated carbocycles. The van der Waals surface area contributed by atoms with E-state index in [-0.39, 0.29) is 11.5 Å². The lowest BCUT2D eigenvalue weighted by molar-refractivity contribution is 0.104. The Bertz CT molecular complexity index is 1100. The van der Waals surface area contributed by atoms with Gasteiger partial charge in [0.25, 0.3) is 0 Å². The van der Waals surface area contributed by atoms with Gasteiger partial charge >= 0.3 is 0 Å². The highest BCUT2D eigenvalue weighted by atomic mass is 32.1. The number of benzene rings is 3. The number of carbonyl (C=O) groups excluding carboxylic acids is 1. The molecule has 1 N–H and O–H groups in total. The average molecular weight is 358 g/mol. The monoisotopic (exact) mass is 358 g/mol. The molecule has 1 aromatic heterocycles. The summed E-state index contributed by atoms with van der Waals surface area (Å²) in [4.78, 5) is 14.3. The highest BCUT2D eigenvalue weighted by molar-refractivity contribution is 7.22. The molecule has 128 valence electrons. The van der Waals surface area contributed by atoms with Crippen molar-refractivity contribution < 1.29 is 9.90 Å². The zero-order valence-corrected chi connectivity index (χ0v) is 15.4. The third-order valence-corrected chi connectivity index (χ3v) is 5.72. The zero-order chi connectivity index (χ0) is 18.3. The predicted molar refractivity (Wildman–Crippen MR) is 108 cm³/mol. The molecule has 1 heterocycles. The number of fused-ring (bicyclic) bond motifs is 1. The minimum Gasteiger partial charge on any atom is -0.508 e. The molecule has 0 aliphatic carbocycles. The highest BCUT2D eigenvalue weighted by Gasteiger charge is 2.21. The summed E-state index contributed by atoms with van der Waals surface area (Å²) < 4.78 is 1.11. The van der Waals surface area contributed by atoms with E-state index in [2.05, 4.69) is 44.2 Å². The van der Waals surface area contributed by atoms with Crippen LogP contribution in [-0.2, 0) is 0 Å². The summed E-state index contributed by atoms with van der Waals surface area (Å²) in [5.74, 6) is 0.141. The lowest BCUT2D eigenvalue weighted by atomic mass is 9.97. The van der Waals surface area contributed by atoms with Gasteiger partial charge in [0, 0.05) is 26.1 Å². The van der Waals surface area contributed by atoms with Gasteiger partial charge in [-0.2, -0.15) is 0 Å².